The molecule has 0 aliphatic carbocycles. The molecule has 2 N–H and O–H groups in total. The summed E-state index contributed by atoms with van der Waals surface area (Å²) in [6, 6.07) is 17.4. The summed E-state index contributed by atoms with van der Waals surface area (Å²) < 4.78 is 12.1. The zero-order valence-electron chi connectivity index (χ0n) is 17.1. The molecule has 4 rings (SSSR count). The van der Waals surface area contributed by atoms with Crippen LogP contribution in [-0.2, 0) is 0 Å². The molecular formula is C24H21BrN2O4. The molecule has 1 aromatic heterocycles. The highest BCUT2D eigenvalue weighted by Crippen LogP contribution is 2.31. The lowest BCUT2D eigenvalue weighted by atomic mass is 10.2. The van der Waals surface area contributed by atoms with Crippen LogP contribution in [0.1, 0.15) is 30.6 Å². The maximum Gasteiger partial charge on any atom is 0.255 e. The fourth-order valence-electron chi connectivity index (χ4n) is 2.97. The number of nitrogens with one attached hydrogen (secondary N) is 1. The maximum absolute atomic E-state index is 12.6. The van der Waals surface area contributed by atoms with E-state index in [9.17, 15) is 9.90 Å². The van der Waals surface area contributed by atoms with Crippen LogP contribution in [0.4, 0.5) is 5.69 Å². The number of nitrogens with zero attached hydrogens (tertiary/aromatic N) is 1. The molecule has 4 aromatic rings. The van der Waals surface area contributed by atoms with Gasteiger partial charge in [-0.1, -0.05) is 6.92 Å². The molecule has 0 unspecified atom stereocenters. The van der Waals surface area contributed by atoms with Crippen LogP contribution in [0.25, 0.3) is 22.6 Å². The molecule has 1 amide bonds. The predicted molar refractivity (Wildman–Crippen MR) is 124 cm³/mol. The van der Waals surface area contributed by atoms with Gasteiger partial charge in [0.2, 0.25) is 5.89 Å². The molecule has 0 radical (unpaired) electrons. The minimum Gasteiger partial charge on any atom is -0.507 e. The Bertz CT molecular complexity index is 1230. The molecule has 1 atom stereocenters. The molecular weight excluding hydrogens is 460 g/mol. The predicted octanol–water partition coefficient (Wildman–Crippen LogP) is 6.39. The van der Waals surface area contributed by atoms with E-state index in [0.29, 0.717) is 32.7 Å². The Labute approximate surface area is 188 Å². The lowest BCUT2D eigenvalue weighted by Gasteiger charge is -2.12. The van der Waals surface area contributed by atoms with Crippen LogP contribution in [-0.4, -0.2) is 22.1 Å². The summed E-state index contributed by atoms with van der Waals surface area (Å²) in [5.74, 6) is 1.09. The number of amides is 1. The topological polar surface area (TPSA) is 84.6 Å². The lowest BCUT2D eigenvalue weighted by Crippen LogP contribution is -2.12. The van der Waals surface area contributed by atoms with Gasteiger partial charge in [-0.3, -0.25) is 4.79 Å². The minimum atomic E-state index is -0.222. The van der Waals surface area contributed by atoms with Gasteiger partial charge in [0, 0.05) is 16.8 Å². The van der Waals surface area contributed by atoms with Crippen molar-refractivity contribution in [3.05, 3.63) is 70.7 Å². The first-order valence-corrected chi connectivity index (χ1v) is 10.7. The van der Waals surface area contributed by atoms with Crippen molar-refractivity contribution >= 4 is 38.6 Å². The highest BCUT2D eigenvalue weighted by atomic mass is 79.9. The van der Waals surface area contributed by atoms with E-state index in [1.54, 1.807) is 60.7 Å². The number of oxazole rings is 1. The van der Waals surface area contributed by atoms with E-state index in [1.165, 1.54) is 0 Å². The van der Waals surface area contributed by atoms with Crippen LogP contribution in [0.3, 0.4) is 0 Å². The van der Waals surface area contributed by atoms with Gasteiger partial charge in [0.1, 0.15) is 17.0 Å². The van der Waals surface area contributed by atoms with Gasteiger partial charge in [0.05, 0.1) is 10.6 Å². The van der Waals surface area contributed by atoms with E-state index in [1.807, 2.05) is 6.92 Å². The molecule has 3 aromatic carbocycles. The maximum atomic E-state index is 12.6. The molecule has 6 nitrogen and oxygen atoms in total. The number of phenols is 1. The zero-order chi connectivity index (χ0) is 22.0. The summed E-state index contributed by atoms with van der Waals surface area (Å²) >= 11 is 3.29. The zero-order valence-corrected chi connectivity index (χ0v) is 18.6. The Hall–Kier alpha value is -3.32. The largest absolute Gasteiger partial charge is 0.507 e. The van der Waals surface area contributed by atoms with Crippen molar-refractivity contribution in [2.75, 3.05) is 5.32 Å². The van der Waals surface area contributed by atoms with Crippen LogP contribution in [0.15, 0.2) is 69.6 Å². The average molecular weight is 481 g/mol. The molecule has 0 aliphatic rings. The Kier molecular flexibility index (Phi) is 5.95. The molecule has 0 saturated carbocycles. The van der Waals surface area contributed by atoms with Crippen molar-refractivity contribution in [3.8, 4) is 23.0 Å². The number of aromatic hydroxyl groups is 1. The fraction of sp³-hybridized carbons (Fsp3) is 0.167. The summed E-state index contributed by atoms with van der Waals surface area (Å²) in [5.41, 5.74) is 3.10. The SMILES string of the molecule is CC[C@H](C)Oc1ccc(C(=O)Nc2ccc3oc(-c4ccc(O)c(Br)c4)nc3c2)cc1. The second-order valence-corrected chi connectivity index (χ2v) is 8.04. The Morgan fingerprint density at radius 1 is 1.16 bits per heavy atom. The third-order valence-corrected chi connectivity index (χ3v) is 5.50. The summed E-state index contributed by atoms with van der Waals surface area (Å²) in [7, 11) is 0. The van der Waals surface area contributed by atoms with Crippen LogP contribution in [0.2, 0.25) is 0 Å². The molecule has 0 spiro atoms. The van der Waals surface area contributed by atoms with E-state index in [-0.39, 0.29) is 17.8 Å². The van der Waals surface area contributed by atoms with E-state index in [2.05, 4.69) is 33.2 Å². The van der Waals surface area contributed by atoms with Gasteiger partial charge in [0.15, 0.2) is 5.58 Å². The van der Waals surface area contributed by atoms with E-state index < -0.39 is 0 Å². The van der Waals surface area contributed by atoms with Crippen molar-refractivity contribution < 1.29 is 19.1 Å². The summed E-state index contributed by atoms with van der Waals surface area (Å²) in [5, 5.41) is 12.5. The summed E-state index contributed by atoms with van der Waals surface area (Å²) in [6.45, 7) is 4.07. The van der Waals surface area contributed by atoms with Crippen LogP contribution >= 0.6 is 15.9 Å². The van der Waals surface area contributed by atoms with Crippen molar-refractivity contribution in [2.24, 2.45) is 0 Å². The quantitative estimate of drug-likeness (QED) is 0.333. The molecule has 0 saturated heterocycles. The normalized spacial score (nSPS) is 12.0. The van der Waals surface area contributed by atoms with Crippen LogP contribution in [0.5, 0.6) is 11.5 Å². The van der Waals surface area contributed by atoms with Crippen molar-refractivity contribution in [3.63, 3.8) is 0 Å². The number of fused-ring (bicyclic) bond motifs is 1. The number of rotatable bonds is 6. The number of hydrogen-bond acceptors (Lipinski definition) is 5. The van der Waals surface area contributed by atoms with E-state index in [4.69, 9.17) is 9.15 Å². The highest BCUT2D eigenvalue weighted by molar-refractivity contribution is 9.10. The van der Waals surface area contributed by atoms with Crippen molar-refractivity contribution in [1.29, 1.82) is 0 Å². The molecule has 31 heavy (non-hydrogen) atoms. The van der Waals surface area contributed by atoms with Gasteiger partial charge in [-0.05, 0) is 89.9 Å². The number of ether oxygens (including phenoxy) is 1. The van der Waals surface area contributed by atoms with Gasteiger partial charge < -0.3 is 19.6 Å². The molecule has 1 heterocycles. The first-order chi connectivity index (χ1) is 14.9. The van der Waals surface area contributed by atoms with Crippen LogP contribution < -0.4 is 10.1 Å². The molecule has 158 valence electrons. The molecule has 0 bridgehead atoms. The number of carbonyl (C=O) groups is 1. The molecule has 0 fully saturated rings. The second-order valence-electron chi connectivity index (χ2n) is 7.18. The third-order valence-electron chi connectivity index (χ3n) is 4.87. The lowest BCUT2D eigenvalue weighted by molar-refractivity contribution is 0.102. The van der Waals surface area contributed by atoms with Gasteiger partial charge in [0.25, 0.3) is 5.91 Å². The smallest absolute Gasteiger partial charge is 0.255 e. The standard InChI is InChI=1S/C24H21BrN2O4/c1-3-14(2)30-18-8-4-15(5-9-18)23(29)26-17-7-11-22-20(13-17)27-24(31-22)16-6-10-21(28)19(25)12-16/h4-14,28H,3H2,1-2H3,(H,26,29)/t14-/m0/s1. The minimum absolute atomic E-state index is 0.126. The Morgan fingerprint density at radius 3 is 2.65 bits per heavy atom. The van der Waals surface area contributed by atoms with Gasteiger partial charge in [-0.2, -0.15) is 0 Å². The Morgan fingerprint density at radius 2 is 1.94 bits per heavy atom. The molecule has 0 aliphatic heterocycles. The van der Waals surface area contributed by atoms with Gasteiger partial charge in [-0.15, -0.1) is 0 Å². The summed E-state index contributed by atoms with van der Waals surface area (Å²) in [4.78, 5) is 17.1. The fourth-order valence-corrected chi connectivity index (χ4v) is 3.35. The van der Waals surface area contributed by atoms with Gasteiger partial charge >= 0.3 is 0 Å². The number of hydrogen-bond donors (Lipinski definition) is 2. The highest BCUT2D eigenvalue weighted by Gasteiger charge is 2.12. The number of carbonyl (C=O) groups excluding carboxylic acids is 1. The number of benzene rings is 3. The van der Waals surface area contributed by atoms with Crippen LogP contribution in [0, 0.1) is 0 Å². The number of halogens is 1. The monoisotopic (exact) mass is 480 g/mol. The van der Waals surface area contributed by atoms with Crippen molar-refractivity contribution in [1.82, 2.24) is 4.98 Å². The van der Waals surface area contributed by atoms with E-state index in [0.717, 1.165) is 17.7 Å². The Balaban J connectivity index is 1.50. The first-order valence-electron chi connectivity index (χ1n) is 9.90. The number of aromatic nitrogens is 1. The average Bonchev–Trinajstić information content (AvgIpc) is 3.19. The van der Waals surface area contributed by atoms with Gasteiger partial charge in [-0.25, -0.2) is 4.98 Å². The first kappa shape index (κ1) is 20.9. The second kappa shape index (κ2) is 8.81. The third kappa shape index (κ3) is 4.72. The number of phenolic OH excluding ortho intramolecular Hbond substituents is 1. The number of anilines is 1. The van der Waals surface area contributed by atoms with Crippen molar-refractivity contribution in [2.45, 2.75) is 26.4 Å². The van der Waals surface area contributed by atoms with E-state index >= 15 is 0 Å². The molecule has 7 heteroatoms. The summed E-state index contributed by atoms with van der Waals surface area (Å²) in [6.07, 6.45) is 1.04.